The standard InChI is InChI=1S/C11H16O3S/c1-6-5-9(8(3)15-6)10(12)7(2)11(13)14-4/h5,7,10,12H,1-4H3. The Hall–Kier alpha value is -0.870. The van der Waals surface area contributed by atoms with Crippen molar-refractivity contribution in [1.82, 2.24) is 0 Å². The van der Waals surface area contributed by atoms with Crippen LogP contribution in [0.1, 0.15) is 28.3 Å². The van der Waals surface area contributed by atoms with E-state index in [2.05, 4.69) is 4.74 Å². The molecule has 0 aliphatic rings. The largest absolute Gasteiger partial charge is 0.469 e. The van der Waals surface area contributed by atoms with Crippen LogP contribution in [-0.2, 0) is 9.53 Å². The molecule has 1 aromatic heterocycles. The molecule has 2 atom stereocenters. The summed E-state index contributed by atoms with van der Waals surface area (Å²) in [5.41, 5.74) is 0.829. The van der Waals surface area contributed by atoms with Crippen LogP contribution in [0.5, 0.6) is 0 Å². The highest BCUT2D eigenvalue weighted by Gasteiger charge is 2.26. The zero-order valence-corrected chi connectivity index (χ0v) is 10.2. The monoisotopic (exact) mass is 228 g/mol. The molecule has 3 nitrogen and oxygen atoms in total. The highest BCUT2D eigenvalue weighted by atomic mass is 32.1. The van der Waals surface area contributed by atoms with E-state index in [1.54, 1.807) is 18.3 Å². The average Bonchev–Trinajstić information content (AvgIpc) is 2.54. The Kier molecular flexibility index (Phi) is 3.88. The molecule has 15 heavy (non-hydrogen) atoms. The number of ether oxygens (including phenoxy) is 1. The van der Waals surface area contributed by atoms with Crippen LogP contribution in [0.4, 0.5) is 0 Å². The Balaban J connectivity index is 2.89. The van der Waals surface area contributed by atoms with E-state index < -0.39 is 12.0 Å². The van der Waals surface area contributed by atoms with Crippen molar-refractivity contribution < 1.29 is 14.6 Å². The summed E-state index contributed by atoms with van der Waals surface area (Å²) in [6.07, 6.45) is -0.776. The molecule has 0 aromatic carbocycles. The maximum Gasteiger partial charge on any atom is 0.311 e. The molecule has 0 amide bonds. The average molecular weight is 228 g/mol. The number of aliphatic hydroxyl groups excluding tert-OH is 1. The number of aliphatic hydroxyl groups is 1. The van der Waals surface area contributed by atoms with Gasteiger partial charge in [0.1, 0.15) is 0 Å². The molecule has 0 aliphatic heterocycles. The topological polar surface area (TPSA) is 46.5 Å². The lowest BCUT2D eigenvalue weighted by Gasteiger charge is -2.16. The van der Waals surface area contributed by atoms with Gasteiger partial charge in [0.25, 0.3) is 0 Å². The molecule has 0 spiro atoms. The number of carbonyl (C=O) groups is 1. The van der Waals surface area contributed by atoms with E-state index in [0.717, 1.165) is 15.3 Å². The van der Waals surface area contributed by atoms with Gasteiger partial charge in [0.2, 0.25) is 0 Å². The first-order valence-corrected chi connectivity index (χ1v) is 5.61. The highest BCUT2D eigenvalue weighted by Crippen LogP contribution is 2.30. The van der Waals surface area contributed by atoms with Gasteiger partial charge >= 0.3 is 5.97 Å². The van der Waals surface area contributed by atoms with Gasteiger partial charge in [-0.25, -0.2) is 0 Å². The SMILES string of the molecule is COC(=O)C(C)C(O)c1cc(C)sc1C. The third-order valence-corrected chi connectivity index (χ3v) is 3.43. The fraction of sp³-hybridized carbons (Fsp3) is 0.545. The third-order valence-electron chi connectivity index (χ3n) is 2.44. The molecule has 1 rings (SSSR count). The van der Waals surface area contributed by atoms with Crippen LogP contribution in [0.2, 0.25) is 0 Å². The predicted molar refractivity (Wildman–Crippen MR) is 59.9 cm³/mol. The summed E-state index contributed by atoms with van der Waals surface area (Å²) in [4.78, 5) is 13.5. The van der Waals surface area contributed by atoms with Gasteiger partial charge in [-0.15, -0.1) is 11.3 Å². The number of esters is 1. The van der Waals surface area contributed by atoms with Gasteiger partial charge < -0.3 is 9.84 Å². The number of hydrogen-bond acceptors (Lipinski definition) is 4. The Morgan fingerprint density at radius 3 is 2.53 bits per heavy atom. The molecule has 2 unspecified atom stereocenters. The van der Waals surface area contributed by atoms with Crippen LogP contribution in [0, 0.1) is 19.8 Å². The second-order valence-corrected chi connectivity index (χ2v) is 5.09. The van der Waals surface area contributed by atoms with E-state index in [0.29, 0.717) is 0 Å². The van der Waals surface area contributed by atoms with E-state index in [-0.39, 0.29) is 5.97 Å². The molecule has 1 N–H and O–H groups in total. The van der Waals surface area contributed by atoms with E-state index in [9.17, 15) is 9.90 Å². The summed E-state index contributed by atoms with van der Waals surface area (Å²) in [6.45, 7) is 5.60. The van der Waals surface area contributed by atoms with Gasteiger partial charge in [-0.3, -0.25) is 4.79 Å². The van der Waals surface area contributed by atoms with Gasteiger partial charge in [-0.1, -0.05) is 0 Å². The summed E-state index contributed by atoms with van der Waals surface area (Å²) in [5, 5.41) is 9.99. The first-order valence-electron chi connectivity index (χ1n) is 4.80. The van der Waals surface area contributed by atoms with E-state index in [1.807, 2.05) is 19.9 Å². The van der Waals surface area contributed by atoms with Crippen LogP contribution in [-0.4, -0.2) is 18.2 Å². The Labute approximate surface area is 93.7 Å². The number of aryl methyl sites for hydroxylation is 2. The summed E-state index contributed by atoms with van der Waals surface area (Å²) < 4.78 is 4.61. The molecule has 0 saturated heterocycles. The summed E-state index contributed by atoms with van der Waals surface area (Å²) in [7, 11) is 1.33. The van der Waals surface area contributed by atoms with Gasteiger partial charge in [-0.05, 0) is 32.4 Å². The lowest BCUT2D eigenvalue weighted by molar-refractivity contribution is -0.148. The number of hydrogen-bond donors (Lipinski definition) is 1. The maximum atomic E-state index is 11.3. The zero-order valence-electron chi connectivity index (χ0n) is 9.40. The molecule has 1 heterocycles. The van der Waals surface area contributed by atoms with Crippen LogP contribution in [0.3, 0.4) is 0 Å². The van der Waals surface area contributed by atoms with Crippen molar-refractivity contribution in [3.63, 3.8) is 0 Å². The van der Waals surface area contributed by atoms with Crippen molar-refractivity contribution in [3.8, 4) is 0 Å². The minimum atomic E-state index is -0.776. The quantitative estimate of drug-likeness (QED) is 0.807. The first kappa shape index (κ1) is 12.2. The second-order valence-electron chi connectivity index (χ2n) is 3.63. The molecule has 0 radical (unpaired) electrons. The van der Waals surface area contributed by atoms with Crippen molar-refractivity contribution in [2.45, 2.75) is 26.9 Å². The van der Waals surface area contributed by atoms with Crippen LogP contribution >= 0.6 is 11.3 Å². The Bertz CT molecular complexity index is 357. The van der Waals surface area contributed by atoms with Crippen LogP contribution in [0.15, 0.2) is 6.07 Å². The summed E-state index contributed by atoms with van der Waals surface area (Å²) >= 11 is 1.62. The fourth-order valence-corrected chi connectivity index (χ4v) is 2.49. The van der Waals surface area contributed by atoms with Gasteiger partial charge in [-0.2, -0.15) is 0 Å². The molecule has 0 bridgehead atoms. The fourth-order valence-electron chi connectivity index (χ4n) is 1.53. The Morgan fingerprint density at radius 2 is 2.13 bits per heavy atom. The summed E-state index contributed by atoms with van der Waals surface area (Å²) in [6, 6.07) is 1.92. The van der Waals surface area contributed by atoms with Crippen molar-refractivity contribution in [3.05, 3.63) is 21.4 Å². The number of methoxy groups -OCH3 is 1. The number of thiophene rings is 1. The molecule has 0 saturated carbocycles. The van der Waals surface area contributed by atoms with Crippen LogP contribution < -0.4 is 0 Å². The lowest BCUT2D eigenvalue weighted by Crippen LogP contribution is -2.20. The van der Waals surface area contributed by atoms with Gasteiger partial charge in [0.15, 0.2) is 0 Å². The predicted octanol–water partition coefficient (Wildman–Crippen LogP) is 2.21. The maximum absolute atomic E-state index is 11.3. The van der Waals surface area contributed by atoms with Gasteiger partial charge in [0, 0.05) is 9.75 Å². The lowest BCUT2D eigenvalue weighted by atomic mass is 9.98. The van der Waals surface area contributed by atoms with Crippen molar-refractivity contribution >= 4 is 17.3 Å². The zero-order chi connectivity index (χ0) is 11.6. The normalized spacial score (nSPS) is 14.7. The number of rotatable bonds is 3. The van der Waals surface area contributed by atoms with Crippen molar-refractivity contribution in [1.29, 1.82) is 0 Å². The second kappa shape index (κ2) is 4.77. The molecule has 0 fully saturated rings. The molecule has 1 aromatic rings. The number of carbonyl (C=O) groups excluding carboxylic acids is 1. The van der Waals surface area contributed by atoms with Crippen molar-refractivity contribution in [2.75, 3.05) is 7.11 Å². The first-order chi connectivity index (χ1) is 6.97. The van der Waals surface area contributed by atoms with E-state index >= 15 is 0 Å². The highest BCUT2D eigenvalue weighted by molar-refractivity contribution is 7.12. The van der Waals surface area contributed by atoms with Crippen LogP contribution in [0.25, 0.3) is 0 Å². The Morgan fingerprint density at radius 1 is 1.53 bits per heavy atom. The molecular formula is C11H16O3S. The minimum absolute atomic E-state index is 0.384. The third kappa shape index (κ3) is 2.58. The molecule has 0 aliphatic carbocycles. The van der Waals surface area contributed by atoms with Gasteiger partial charge in [0.05, 0.1) is 19.1 Å². The summed E-state index contributed by atoms with van der Waals surface area (Å²) in [5.74, 6) is -0.909. The smallest absolute Gasteiger partial charge is 0.311 e. The van der Waals surface area contributed by atoms with E-state index in [1.165, 1.54) is 7.11 Å². The molecule has 4 heteroatoms. The minimum Gasteiger partial charge on any atom is -0.469 e. The van der Waals surface area contributed by atoms with E-state index in [4.69, 9.17) is 0 Å². The molecule has 84 valence electrons. The molecular weight excluding hydrogens is 212 g/mol. The van der Waals surface area contributed by atoms with Crippen molar-refractivity contribution in [2.24, 2.45) is 5.92 Å².